The molecule has 2 rings (SSSR count). The monoisotopic (exact) mass is 384 g/mol. The molecule has 1 heterocycles. The van der Waals surface area contributed by atoms with Crippen molar-refractivity contribution < 1.29 is 0 Å². The number of hydrogen-bond donors (Lipinski definition) is 2. The zero-order valence-corrected chi connectivity index (χ0v) is 18.5. The maximum Gasteiger partial charge on any atom is 0.191 e. The van der Waals surface area contributed by atoms with E-state index in [1.165, 1.54) is 22.5 Å². The Morgan fingerprint density at radius 2 is 1.89 bits per heavy atom. The van der Waals surface area contributed by atoms with Gasteiger partial charge in [0.2, 0.25) is 0 Å². The summed E-state index contributed by atoms with van der Waals surface area (Å²) in [5, 5.41) is 11.4. The van der Waals surface area contributed by atoms with Crippen LogP contribution in [0.15, 0.2) is 29.3 Å². The van der Waals surface area contributed by atoms with E-state index in [1.54, 1.807) is 0 Å². The molecular formula is C22H36N6. The highest BCUT2D eigenvalue weighted by Crippen LogP contribution is 2.14. The molecule has 1 unspecified atom stereocenters. The lowest BCUT2D eigenvalue weighted by Crippen LogP contribution is -2.43. The Bertz CT molecular complexity index is 773. The maximum absolute atomic E-state index is 4.76. The predicted molar refractivity (Wildman–Crippen MR) is 119 cm³/mol. The second kappa shape index (κ2) is 10.2. The summed E-state index contributed by atoms with van der Waals surface area (Å²) in [6.07, 6.45) is 1.86. The largest absolute Gasteiger partial charge is 0.378 e. The second-order valence-corrected chi connectivity index (χ2v) is 7.59. The zero-order chi connectivity index (χ0) is 20.7. The fraction of sp³-hybridized carbons (Fsp3) is 0.545. The van der Waals surface area contributed by atoms with E-state index < -0.39 is 0 Å². The highest BCUT2D eigenvalue weighted by molar-refractivity contribution is 5.80. The molecule has 154 valence electrons. The van der Waals surface area contributed by atoms with E-state index in [1.807, 2.05) is 11.7 Å². The first-order chi connectivity index (χ1) is 13.3. The highest BCUT2D eigenvalue weighted by Gasteiger charge is 2.14. The van der Waals surface area contributed by atoms with Crippen LogP contribution in [-0.2, 0) is 19.9 Å². The van der Waals surface area contributed by atoms with Crippen LogP contribution in [-0.4, -0.2) is 49.0 Å². The standard InChI is InChI=1S/C22H36N6/c1-8-23-22(24-14-13-19-9-11-20(12-10-19)27(5)6)25-16(2)15-21-17(3)26-28(7)18(21)4/h9-12,16H,8,13-15H2,1-7H3,(H2,23,24,25). The minimum Gasteiger partial charge on any atom is -0.378 e. The number of aryl methyl sites for hydroxylation is 2. The van der Waals surface area contributed by atoms with Gasteiger partial charge in [-0.05, 0) is 63.8 Å². The molecule has 0 fully saturated rings. The molecule has 0 aliphatic rings. The van der Waals surface area contributed by atoms with Crippen LogP contribution in [0.3, 0.4) is 0 Å². The van der Waals surface area contributed by atoms with Gasteiger partial charge in [-0.15, -0.1) is 0 Å². The van der Waals surface area contributed by atoms with Crippen LogP contribution in [0.4, 0.5) is 5.69 Å². The Morgan fingerprint density at radius 3 is 2.43 bits per heavy atom. The van der Waals surface area contributed by atoms with Gasteiger partial charge in [-0.25, -0.2) is 0 Å². The van der Waals surface area contributed by atoms with Gasteiger partial charge in [0.1, 0.15) is 0 Å². The Balaban J connectivity index is 1.93. The number of hydrogen-bond acceptors (Lipinski definition) is 3. The van der Waals surface area contributed by atoms with Gasteiger partial charge >= 0.3 is 0 Å². The number of nitrogens with zero attached hydrogens (tertiary/aromatic N) is 4. The quantitative estimate of drug-likeness (QED) is 0.543. The lowest BCUT2D eigenvalue weighted by atomic mass is 10.1. The van der Waals surface area contributed by atoms with Crippen LogP contribution < -0.4 is 15.5 Å². The lowest BCUT2D eigenvalue weighted by molar-refractivity contribution is 0.635. The molecule has 0 saturated carbocycles. The van der Waals surface area contributed by atoms with Gasteiger partial charge in [0, 0.05) is 51.7 Å². The van der Waals surface area contributed by atoms with Crippen LogP contribution in [0.25, 0.3) is 0 Å². The van der Waals surface area contributed by atoms with E-state index in [9.17, 15) is 0 Å². The molecule has 0 saturated heterocycles. The molecule has 0 aliphatic carbocycles. The van der Waals surface area contributed by atoms with E-state index in [0.717, 1.165) is 37.6 Å². The van der Waals surface area contributed by atoms with Crippen molar-refractivity contribution in [2.24, 2.45) is 12.0 Å². The molecule has 0 radical (unpaired) electrons. The Hall–Kier alpha value is -2.50. The number of aromatic nitrogens is 2. The van der Waals surface area contributed by atoms with Gasteiger partial charge in [0.15, 0.2) is 5.96 Å². The number of nitrogens with one attached hydrogen (secondary N) is 2. The third kappa shape index (κ3) is 6.01. The summed E-state index contributed by atoms with van der Waals surface area (Å²) in [5.74, 6) is 0.874. The summed E-state index contributed by atoms with van der Waals surface area (Å²) in [4.78, 5) is 6.87. The Labute approximate surface area is 170 Å². The van der Waals surface area contributed by atoms with Crippen molar-refractivity contribution in [3.05, 3.63) is 46.8 Å². The lowest BCUT2D eigenvalue weighted by Gasteiger charge is -2.18. The number of aliphatic imine (C=N–C) groups is 1. The van der Waals surface area contributed by atoms with Crippen molar-refractivity contribution in [2.75, 3.05) is 32.1 Å². The number of anilines is 1. The molecular weight excluding hydrogens is 348 g/mol. The van der Waals surface area contributed by atoms with E-state index in [4.69, 9.17) is 4.99 Å². The summed E-state index contributed by atoms with van der Waals surface area (Å²) in [5.41, 5.74) is 6.18. The van der Waals surface area contributed by atoms with Crippen molar-refractivity contribution in [2.45, 2.75) is 46.6 Å². The van der Waals surface area contributed by atoms with Crippen molar-refractivity contribution >= 4 is 11.6 Å². The van der Waals surface area contributed by atoms with Gasteiger partial charge < -0.3 is 15.5 Å². The normalized spacial score (nSPS) is 12.8. The summed E-state index contributed by atoms with van der Waals surface area (Å²) in [7, 11) is 6.12. The first kappa shape index (κ1) is 21.8. The van der Waals surface area contributed by atoms with Crippen molar-refractivity contribution in [3.8, 4) is 0 Å². The average Bonchev–Trinajstić information content (AvgIpc) is 2.88. The Kier molecular flexibility index (Phi) is 7.91. The Morgan fingerprint density at radius 1 is 1.21 bits per heavy atom. The number of benzene rings is 1. The molecule has 0 spiro atoms. The molecule has 2 N–H and O–H groups in total. The molecule has 2 aromatic rings. The summed E-state index contributed by atoms with van der Waals surface area (Å²) in [6.45, 7) is 10.1. The van der Waals surface area contributed by atoms with Crippen LogP contribution in [0, 0.1) is 13.8 Å². The third-order valence-electron chi connectivity index (χ3n) is 5.02. The van der Waals surface area contributed by atoms with Crippen molar-refractivity contribution in [1.29, 1.82) is 0 Å². The molecule has 28 heavy (non-hydrogen) atoms. The second-order valence-electron chi connectivity index (χ2n) is 7.59. The van der Waals surface area contributed by atoms with Crippen molar-refractivity contribution in [1.82, 2.24) is 20.4 Å². The maximum atomic E-state index is 4.76. The van der Waals surface area contributed by atoms with Gasteiger partial charge in [0.25, 0.3) is 0 Å². The van der Waals surface area contributed by atoms with E-state index in [0.29, 0.717) is 0 Å². The molecule has 1 aromatic carbocycles. The van der Waals surface area contributed by atoms with Gasteiger partial charge in [-0.3, -0.25) is 9.67 Å². The molecule has 0 bridgehead atoms. The van der Waals surface area contributed by atoms with Crippen LogP contribution in [0.1, 0.15) is 36.4 Å². The topological polar surface area (TPSA) is 57.5 Å². The fourth-order valence-corrected chi connectivity index (χ4v) is 3.28. The van der Waals surface area contributed by atoms with Gasteiger partial charge in [0.05, 0.1) is 5.69 Å². The first-order valence-corrected chi connectivity index (χ1v) is 10.1. The summed E-state index contributed by atoms with van der Waals surface area (Å²) < 4.78 is 1.96. The first-order valence-electron chi connectivity index (χ1n) is 10.1. The minimum atomic E-state index is 0.277. The summed E-state index contributed by atoms with van der Waals surface area (Å²) >= 11 is 0. The van der Waals surface area contributed by atoms with E-state index >= 15 is 0 Å². The fourth-order valence-electron chi connectivity index (χ4n) is 3.28. The molecule has 6 heteroatoms. The highest BCUT2D eigenvalue weighted by atomic mass is 15.3. The molecule has 6 nitrogen and oxygen atoms in total. The molecule has 1 aromatic heterocycles. The van der Waals surface area contributed by atoms with Crippen LogP contribution in [0.2, 0.25) is 0 Å². The third-order valence-corrected chi connectivity index (χ3v) is 5.02. The average molecular weight is 385 g/mol. The van der Waals surface area contributed by atoms with Gasteiger partial charge in [-0.2, -0.15) is 5.10 Å². The minimum absolute atomic E-state index is 0.277. The smallest absolute Gasteiger partial charge is 0.191 e. The molecule has 0 amide bonds. The number of guanidine groups is 1. The summed E-state index contributed by atoms with van der Waals surface area (Å²) in [6, 6.07) is 8.95. The molecule has 1 atom stereocenters. The SMILES string of the molecule is CCNC(=NCCc1ccc(N(C)C)cc1)NC(C)Cc1c(C)nn(C)c1C. The van der Waals surface area contributed by atoms with Crippen LogP contribution >= 0.6 is 0 Å². The molecule has 0 aliphatic heterocycles. The van der Waals surface area contributed by atoms with E-state index in [-0.39, 0.29) is 6.04 Å². The van der Waals surface area contributed by atoms with Gasteiger partial charge in [-0.1, -0.05) is 12.1 Å². The van der Waals surface area contributed by atoms with E-state index in [2.05, 4.69) is 86.7 Å². The van der Waals surface area contributed by atoms with Crippen LogP contribution in [0.5, 0.6) is 0 Å². The van der Waals surface area contributed by atoms with Crippen molar-refractivity contribution in [3.63, 3.8) is 0 Å². The number of rotatable bonds is 8. The zero-order valence-electron chi connectivity index (χ0n) is 18.5. The predicted octanol–water partition coefficient (Wildman–Crippen LogP) is 2.83.